The number of hydrogen-bond donors (Lipinski definition) is 2. The van der Waals surface area contributed by atoms with Gasteiger partial charge in [-0.05, 0) is 66.4 Å². The standard InChI is InChI=1S/C16H16IN3O3S/c1-8-13(9(2)21)14(20-16(24)19-8)10-6-11(17)15(23-5-4-18)12(7-10)22-3/h6-7,14H,5H2,1-3H3,(H2,19,20,24)/t14-/m1/s1. The van der Waals surface area contributed by atoms with E-state index in [1.165, 1.54) is 14.0 Å². The Morgan fingerprint density at radius 2 is 2.21 bits per heavy atom. The van der Waals surface area contributed by atoms with Gasteiger partial charge in [-0.15, -0.1) is 0 Å². The predicted octanol–water partition coefficient (Wildman–Crippen LogP) is 2.58. The smallest absolute Gasteiger partial charge is 0.176 e. The van der Waals surface area contributed by atoms with E-state index in [9.17, 15) is 4.79 Å². The minimum absolute atomic E-state index is 0.0428. The number of thiocarbonyl (C=S) groups is 1. The summed E-state index contributed by atoms with van der Waals surface area (Å²) in [5.74, 6) is 0.961. The second-order valence-corrected chi connectivity index (χ2v) is 6.68. The van der Waals surface area contributed by atoms with E-state index >= 15 is 0 Å². The van der Waals surface area contributed by atoms with Gasteiger partial charge in [0.15, 0.2) is 29.0 Å². The highest BCUT2D eigenvalue weighted by Crippen LogP contribution is 2.38. The van der Waals surface area contributed by atoms with Crippen molar-refractivity contribution in [3.8, 4) is 17.6 Å². The maximum absolute atomic E-state index is 12.1. The third-order valence-electron chi connectivity index (χ3n) is 3.51. The van der Waals surface area contributed by atoms with Gasteiger partial charge in [0.05, 0.1) is 16.7 Å². The van der Waals surface area contributed by atoms with E-state index in [0.29, 0.717) is 22.2 Å². The van der Waals surface area contributed by atoms with Crippen molar-refractivity contribution in [2.24, 2.45) is 0 Å². The largest absolute Gasteiger partial charge is 0.493 e. The summed E-state index contributed by atoms with van der Waals surface area (Å²) < 4.78 is 11.6. The first-order valence-corrected chi connectivity index (χ1v) is 8.54. The zero-order valence-electron chi connectivity index (χ0n) is 13.4. The van der Waals surface area contributed by atoms with Crippen LogP contribution in [0, 0.1) is 14.9 Å². The highest BCUT2D eigenvalue weighted by molar-refractivity contribution is 14.1. The number of ether oxygens (including phenoxy) is 2. The fourth-order valence-corrected chi connectivity index (χ4v) is 3.61. The van der Waals surface area contributed by atoms with Crippen molar-refractivity contribution in [3.63, 3.8) is 0 Å². The molecule has 0 fully saturated rings. The lowest BCUT2D eigenvalue weighted by molar-refractivity contribution is -0.114. The minimum Gasteiger partial charge on any atom is -0.493 e. The molecule has 0 aliphatic carbocycles. The molecule has 6 nitrogen and oxygen atoms in total. The molecular weight excluding hydrogens is 441 g/mol. The first kappa shape index (κ1) is 18.5. The molecule has 0 aromatic heterocycles. The fourth-order valence-electron chi connectivity index (χ4n) is 2.56. The Hall–Kier alpha value is -1.86. The Labute approximate surface area is 159 Å². The molecule has 1 aromatic rings. The van der Waals surface area contributed by atoms with Gasteiger partial charge in [-0.2, -0.15) is 5.26 Å². The fraction of sp³-hybridized carbons (Fsp3) is 0.312. The third-order valence-corrected chi connectivity index (χ3v) is 4.54. The molecule has 1 aromatic carbocycles. The Balaban J connectivity index is 2.53. The van der Waals surface area contributed by atoms with Crippen molar-refractivity contribution in [2.75, 3.05) is 13.7 Å². The van der Waals surface area contributed by atoms with E-state index in [1.807, 2.05) is 19.1 Å². The van der Waals surface area contributed by atoms with E-state index in [2.05, 4.69) is 33.2 Å². The molecule has 0 amide bonds. The molecule has 0 unspecified atom stereocenters. The lowest BCUT2D eigenvalue weighted by Gasteiger charge is -2.30. The SMILES string of the molecule is COc1cc([C@H]2NC(=S)NC(C)=C2C(C)=O)cc(I)c1OCC#N. The van der Waals surface area contributed by atoms with Crippen LogP contribution in [0.4, 0.5) is 0 Å². The molecule has 1 aliphatic heterocycles. The molecule has 0 spiro atoms. The number of carbonyl (C=O) groups excluding carboxylic acids is 1. The van der Waals surface area contributed by atoms with Crippen molar-refractivity contribution >= 4 is 45.7 Å². The van der Waals surface area contributed by atoms with Crippen LogP contribution < -0.4 is 20.1 Å². The summed E-state index contributed by atoms with van der Waals surface area (Å²) in [7, 11) is 1.53. The van der Waals surface area contributed by atoms with Crippen molar-refractivity contribution in [1.82, 2.24) is 10.6 Å². The molecule has 0 saturated heterocycles. The summed E-state index contributed by atoms with van der Waals surface area (Å²) in [4.78, 5) is 12.1. The number of allylic oxidation sites excluding steroid dienone is 1. The monoisotopic (exact) mass is 457 g/mol. The van der Waals surface area contributed by atoms with Crippen molar-refractivity contribution in [2.45, 2.75) is 19.9 Å². The number of nitrogens with one attached hydrogen (secondary N) is 2. The Morgan fingerprint density at radius 3 is 2.79 bits per heavy atom. The van der Waals surface area contributed by atoms with Gasteiger partial charge in [-0.1, -0.05) is 0 Å². The van der Waals surface area contributed by atoms with Crippen LogP contribution in [0.15, 0.2) is 23.4 Å². The van der Waals surface area contributed by atoms with Crippen LogP contribution in [0.5, 0.6) is 11.5 Å². The Bertz CT molecular complexity index is 771. The Kier molecular flexibility index (Phi) is 6.01. The Morgan fingerprint density at radius 1 is 1.50 bits per heavy atom. The van der Waals surface area contributed by atoms with Crippen LogP contribution in [-0.2, 0) is 4.79 Å². The van der Waals surface area contributed by atoms with Gasteiger partial charge in [0, 0.05) is 11.3 Å². The van der Waals surface area contributed by atoms with Crippen LogP contribution in [0.25, 0.3) is 0 Å². The van der Waals surface area contributed by atoms with Gasteiger partial charge in [0.1, 0.15) is 6.07 Å². The molecule has 2 rings (SSSR count). The molecule has 126 valence electrons. The minimum atomic E-state index is -0.372. The zero-order valence-corrected chi connectivity index (χ0v) is 16.4. The molecular formula is C16H16IN3O3S. The first-order chi connectivity index (χ1) is 11.4. The number of nitriles is 1. The first-order valence-electron chi connectivity index (χ1n) is 7.05. The van der Waals surface area contributed by atoms with Gasteiger partial charge in [-0.25, -0.2) is 0 Å². The van der Waals surface area contributed by atoms with E-state index in [0.717, 1.165) is 14.8 Å². The molecule has 0 saturated carbocycles. The second-order valence-electron chi connectivity index (χ2n) is 5.11. The highest BCUT2D eigenvalue weighted by atomic mass is 127. The molecule has 24 heavy (non-hydrogen) atoms. The van der Waals surface area contributed by atoms with Crippen LogP contribution >= 0.6 is 34.8 Å². The lowest BCUT2D eigenvalue weighted by atomic mass is 9.93. The summed E-state index contributed by atoms with van der Waals surface area (Å²) in [6.07, 6.45) is 0. The maximum atomic E-state index is 12.1. The van der Waals surface area contributed by atoms with Crippen LogP contribution in [0.2, 0.25) is 0 Å². The molecule has 2 N–H and O–H groups in total. The predicted molar refractivity (Wildman–Crippen MR) is 102 cm³/mol. The average molecular weight is 457 g/mol. The quantitative estimate of drug-likeness (QED) is 0.520. The van der Waals surface area contributed by atoms with Crippen molar-refractivity contribution in [3.05, 3.63) is 32.5 Å². The molecule has 0 radical (unpaired) electrons. The zero-order chi connectivity index (χ0) is 17.9. The normalized spacial score (nSPS) is 16.8. The van der Waals surface area contributed by atoms with Gasteiger partial charge in [-0.3, -0.25) is 4.79 Å². The number of ketones is 1. The molecule has 8 heteroatoms. The number of halogens is 1. The number of carbonyl (C=O) groups is 1. The summed E-state index contributed by atoms with van der Waals surface area (Å²) in [6, 6.07) is 5.24. The van der Waals surface area contributed by atoms with E-state index in [-0.39, 0.29) is 18.4 Å². The number of Topliss-reactive ketones (excluding diaryl/α,β-unsaturated/α-hetero) is 1. The number of hydrogen-bond acceptors (Lipinski definition) is 5. The summed E-state index contributed by atoms with van der Waals surface area (Å²) >= 11 is 7.33. The number of benzene rings is 1. The van der Waals surface area contributed by atoms with Crippen LogP contribution in [0.1, 0.15) is 25.5 Å². The van der Waals surface area contributed by atoms with Gasteiger partial charge < -0.3 is 20.1 Å². The molecule has 1 aliphatic rings. The summed E-state index contributed by atoms with van der Waals surface area (Å²) in [5.41, 5.74) is 2.18. The molecule has 0 bridgehead atoms. The van der Waals surface area contributed by atoms with Gasteiger partial charge in [0.2, 0.25) is 0 Å². The lowest BCUT2D eigenvalue weighted by Crippen LogP contribution is -2.44. The average Bonchev–Trinajstić information content (AvgIpc) is 2.51. The number of rotatable bonds is 5. The van der Waals surface area contributed by atoms with E-state index in [4.69, 9.17) is 27.0 Å². The number of methoxy groups -OCH3 is 1. The summed E-state index contributed by atoms with van der Waals surface area (Å²) in [5, 5.41) is 15.3. The third kappa shape index (κ3) is 3.79. The summed E-state index contributed by atoms with van der Waals surface area (Å²) in [6.45, 7) is 3.28. The van der Waals surface area contributed by atoms with Crippen molar-refractivity contribution in [1.29, 1.82) is 5.26 Å². The van der Waals surface area contributed by atoms with E-state index < -0.39 is 0 Å². The maximum Gasteiger partial charge on any atom is 0.176 e. The van der Waals surface area contributed by atoms with Crippen molar-refractivity contribution < 1.29 is 14.3 Å². The van der Waals surface area contributed by atoms with Gasteiger partial charge in [0.25, 0.3) is 0 Å². The van der Waals surface area contributed by atoms with Crippen LogP contribution in [0.3, 0.4) is 0 Å². The van der Waals surface area contributed by atoms with E-state index in [1.54, 1.807) is 6.07 Å². The van der Waals surface area contributed by atoms with Crippen LogP contribution in [-0.4, -0.2) is 24.6 Å². The number of nitrogens with zero attached hydrogens (tertiary/aromatic N) is 1. The molecule has 1 atom stereocenters. The second kappa shape index (κ2) is 7.81. The topological polar surface area (TPSA) is 83.4 Å². The van der Waals surface area contributed by atoms with Gasteiger partial charge >= 0.3 is 0 Å². The highest BCUT2D eigenvalue weighted by Gasteiger charge is 2.29. The molecule has 1 heterocycles.